The Hall–Kier alpha value is -2.45. The number of imidazole rings is 1. The normalized spacial score (nSPS) is 19.1. The summed E-state index contributed by atoms with van der Waals surface area (Å²) in [6, 6.07) is 11.5. The van der Waals surface area contributed by atoms with Crippen molar-refractivity contribution in [1.82, 2.24) is 14.9 Å². The Balaban J connectivity index is 1.62. The van der Waals surface area contributed by atoms with Gasteiger partial charge in [0.1, 0.15) is 18.0 Å². The molecule has 0 bridgehead atoms. The van der Waals surface area contributed by atoms with Gasteiger partial charge < -0.3 is 14.6 Å². The minimum Gasteiger partial charge on any atom is -0.369 e. The first kappa shape index (κ1) is 26.2. The van der Waals surface area contributed by atoms with E-state index in [0.29, 0.717) is 29.2 Å². The quantitative estimate of drug-likeness (QED) is 0.360. The van der Waals surface area contributed by atoms with E-state index in [2.05, 4.69) is 5.32 Å². The zero-order chi connectivity index (χ0) is 25.8. The maximum absolute atomic E-state index is 14.6. The number of benzene rings is 2. The van der Waals surface area contributed by atoms with E-state index >= 15 is 0 Å². The fourth-order valence-electron chi connectivity index (χ4n) is 5.81. The smallest absolute Gasteiger partial charge is 0.243 e. The molecular formula is C29H35F2N3O2S. The Labute approximate surface area is 221 Å². The number of fused-ring (bicyclic) bond motifs is 1. The highest BCUT2D eigenvalue weighted by Gasteiger charge is 2.34. The summed E-state index contributed by atoms with van der Waals surface area (Å²) in [4.78, 5) is 18.8. The van der Waals surface area contributed by atoms with E-state index in [1.807, 2.05) is 46.7 Å². The molecule has 2 aromatic carbocycles. The van der Waals surface area contributed by atoms with Gasteiger partial charge in [0, 0.05) is 25.3 Å². The number of rotatable bonds is 8. The van der Waals surface area contributed by atoms with Crippen LogP contribution in [0, 0.1) is 17.6 Å². The van der Waals surface area contributed by atoms with Crippen LogP contribution < -0.4 is 5.32 Å². The number of hydrogen-bond acceptors (Lipinski definition) is 4. The van der Waals surface area contributed by atoms with Crippen molar-refractivity contribution < 1.29 is 18.3 Å². The number of halogens is 2. The molecule has 1 saturated carbocycles. The Morgan fingerprint density at radius 3 is 2.49 bits per heavy atom. The van der Waals surface area contributed by atoms with Crippen molar-refractivity contribution in [2.24, 2.45) is 5.92 Å². The predicted octanol–water partition coefficient (Wildman–Crippen LogP) is 6.57. The van der Waals surface area contributed by atoms with E-state index in [-0.39, 0.29) is 11.9 Å². The molecule has 1 aliphatic heterocycles. The highest BCUT2D eigenvalue weighted by molar-refractivity contribution is 7.99. The number of ether oxygens (including phenoxy) is 1. The second kappa shape index (κ2) is 11.9. The Morgan fingerprint density at radius 2 is 1.78 bits per heavy atom. The SMILES string of the molecule is COC(c1ccccc1)c1nc2cc(F)c(F)cc2n1C(CC1CCSCC1)C(=O)NC1CCCCC1. The lowest BCUT2D eigenvalue weighted by Crippen LogP contribution is -2.42. The Bertz CT molecular complexity index is 1210. The average Bonchev–Trinajstić information content (AvgIpc) is 3.27. The van der Waals surface area contributed by atoms with Gasteiger partial charge in [0.05, 0.1) is 11.0 Å². The van der Waals surface area contributed by atoms with Crippen molar-refractivity contribution in [3.8, 4) is 0 Å². The molecule has 198 valence electrons. The number of aromatic nitrogens is 2. The van der Waals surface area contributed by atoms with Crippen molar-refractivity contribution in [3.05, 3.63) is 65.5 Å². The second-order valence-electron chi connectivity index (χ2n) is 10.3. The summed E-state index contributed by atoms with van der Waals surface area (Å²) in [7, 11) is 1.60. The highest BCUT2D eigenvalue weighted by Crippen LogP contribution is 2.37. The Morgan fingerprint density at radius 1 is 1.08 bits per heavy atom. The first-order chi connectivity index (χ1) is 18.0. The topological polar surface area (TPSA) is 56.2 Å². The van der Waals surface area contributed by atoms with E-state index in [0.717, 1.165) is 61.7 Å². The van der Waals surface area contributed by atoms with Gasteiger partial charge in [0.15, 0.2) is 11.6 Å². The van der Waals surface area contributed by atoms with E-state index in [1.165, 1.54) is 12.5 Å². The minimum atomic E-state index is -0.954. The number of carbonyl (C=O) groups excluding carboxylic acids is 1. The largest absolute Gasteiger partial charge is 0.369 e. The molecule has 3 aromatic rings. The average molecular weight is 528 g/mol. The monoisotopic (exact) mass is 527 g/mol. The molecular weight excluding hydrogens is 492 g/mol. The standard InChI is InChI=1S/C29H35F2N3O2S/c1-36-27(20-8-4-2-5-9-20)28-33-24-17-22(30)23(31)18-25(24)34(28)26(16-19-12-14-37-15-13-19)29(35)32-21-10-6-3-7-11-21/h2,4-5,8-9,17-19,21,26-27H,3,6-7,10-16H2,1H3,(H,32,35). The summed E-state index contributed by atoms with van der Waals surface area (Å²) < 4.78 is 36.6. The predicted molar refractivity (Wildman–Crippen MR) is 144 cm³/mol. The summed E-state index contributed by atoms with van der Waals surface area (Å²) in [5.74, 6) is 1.03. The summed E-state index contributed by atoms with van der Waals surface area (Å²) in [5, 5.41) is 3.31. The molecule has 2 unspecified atom stereocenters. The molecule has 0 spiro atoms. The third-order valence-electron chi connectivity index (χ3n) is 7.79. The number of thioether (sulfide) groups is 1. The number of carbonyl (C=O) groups is 1. The van der Waals surface area contributed by atoms with Crippen LogP contribution in [-0.2, 0) is 9.53 Å². The van der Waals surface area contributed by atoms with Crippen LogP contribution in [0.4, 0.5) is 8.78 Å². The van der Waals surface area contributed by atoms with Crippen LogP contribution in [-0.4, -0.2) is 40.1 Å². The summed E-state index contributed by atoms with van der Waals surface area (Å²) in [6.07, 6.45) is 7.47. The number of methoxy groups -OCH3 is 1. The molecule has 8 heteroatoms. The van der Waals surface area contributed by atoms with Gasteiger partial charge in [-0.15, -0.1) is 0 Å². The van der Waals surface area contributed by atoms with Gasteiger partial charge in [-0.3, -0.25) is 4.79 Å². The van der Waals surface area contributed by atoms with E-state index in [4.69, 9.17) is 9.72 Å². The number of nitrogens with zero attached hydrogens (tertiary/aromatic N) is 2. The third kappa shape index (κ3) is 5.85. The maximum atomic E-state index is 14.6. The molecule has 2 fully saturated rings. The molecule has 1 aromatic heterocycles. The fraction of sp³-hybridized carbons (Fsp3) is 0.517. The van der Waals surface area contributed by atoms with Crippen LogP contribution in [0.2, 0.25) is 0 Å². The van der Waals surface area contributed by atoms with Crippen LogP contribution in [0.15, 0.2) is 42.5 Å². The van der Waals surface area contributed by atoms with Crippen molar-refractivity contribution in [3.63, 3.8) is 0 Å². The molecule has 5 nitrogen and oxygen atoms in total. The number of amides is 1. The molecule has 37 heavy (non-hydrogen) atoms. The van der Waals surface area contributed by atoms with Crippen LogP contribution >= 0.6 is 11.8 Å². The molecule has 1 aliphatic carbocycles. The lowest BCUT2D eigenvalue weighted by atomic mass is 9.92. The lowest BCUT2D eigenvalue weighted by molar-refractivity contribution is -0.125. The van der Waals surface area contributed by atoms with Crippen molar-refractivity contribution in [1.29, 1.82) is 0 Å². The van der Waals surface area contributed by atoms with E-state index in [1.54, 1.807) is 7.11 Å². The molecule has 2 aliphatic rings. The van der Waals surface area contributed by atoms with E-state index in [9.17, 15) is 13.6 Å². The summed E-state index contributed by atoms with van der Waals surface area (Å²) >= 11 is 1.94. The van der Waals surface area contributed by atoms with Crippen LogP contribution in [0.5, 0.6) is 0 Å². The van der Waals surface area contributed by atoms with E-state index < -0.39 is 23.8 Å². The Kier molecular flexibility index (Phi) is 8.45. The minimum absolute atomic E-state index is 0.0710. The highest BCUT2D eigenvalue weighted by atomic mass is 32.2. The molecule has 1 saturated heterocycles. The third-order valence-corrected chi connectivity index (χ3v) is 8.84. The van der Waals surface area contributed by atoms with Gasteiger partial charge in [-0.1, -0.05) is 49.6 Å². The van der Waals surface area contributed by atoms with Gasteiger partial charge in [-0.05, 0) is 55.1 Å². The number of nitrogens with one attached hydrogen (secondary N) is 1. The molecule has 1 amide bonds. The second-order valence-corrected chi connectivity index (χ2v) is 11.5. The van der Waals surface area contributed by atoms with Gasteiger partial charge in [0.25, 0.3) is 0 Å². The zero-order valence-electron chi connectivity index (χ0n) is 21.3. The summed E-state index contributed by atoms with van der Waals surface area (Å²) in [5.41, 5.74) is 1.60. The van der Waals surface area contributed by atoms with Crippen molar-refractivity contribution in [2.45, 2.75) is 69.6 Å². The first-order valence-electron chi connectivity index (χ1n) is 13.4. The lowest BCUT2D eigenvalue weighted by Gasteiger charge is -2.31. The van der Waals surface area contributed by atoms with Crippen LogP contribution in [0.25, 0.3) is 11.0 Å². The van der Waals surface area contributed by atoms with Gasteiger partial charge in [-0.25, -0.2) is 13.8 Å². The molecule has 0 radical (unpaired) electrons. The van der Waals surface area contributed by atoms with Gasteiger partial charge in [0.2, 0.25) is 5.91 Å². The van der Waals surface area contributed by atoms with Crippen molar-refractivity contribution >= 4 is 28.7 Å². The number of hydrogen-bond donors (Lipinski definition) is 1. The maximum Gasteiger partial charge on any atom is 0.243 e. The van der Waals surface area contributed by atoms with Crippen molar-refractivity contribution in [2.75, 3.05) is 18.6 Å². The molecule has 5 rings (SSSR count). The summed E-state index contributed by atoms with van der Waals surface area (Å²) in [6.45, 7) is 0. The van der Waals surface area contributed by atoms with Gasteiger partial charge >= 0.3 is 0 Å². The first-order valence-corrected chi connectivity index (χ1v) is 14.5. The van der Waals surface area contributed by atoms with Crippen LogP contribution in [0.3, 0.4) is 0 Å². The molecule has 2 heterocycles. The molecule has 2 atom stereocenters. The fourth-order valence-corrected chi connectivity index (χ4v) is 7.02. The zero-order valence-corrected chi connectivity index (χ0v) is 22.1. The molecule has 1 N–H and O–H groups in total. The van der Waals surface area contributed by atoms with Crippen LogP contribution in [0.1, 0.15) is 74.9 Å². The van der Waals surface area contributed by atoms with Gasteiger partial charge in [-0.2, -0.15) is 11.8 Å².